The van der Waals surface area contributed by atoms with Gasteiger partial charge in [-0.2, -0.15) is 0 Å². The summed E-state index contributed by atoms with van der Waals surface area (Å²) in [6, 6.07) is 0. The van der Waals surface area contributed by atoms with E-state index in [4.69, 9.17) is 104 Å². The third kappa shape index (κ3) is 13.3. The fourth-order valence-electron chi connectivity index (χ4n) is 1.79. The summed E-state index contributed by atoms with van der Waals surface area (Å²) in [7, 11) is 0. The predicted octanol–water partition coefficient (Wildman–Crippen LogP) is 6.92. The number of rotatable bonds is 8. The molecule has 1 nitrogen and oxygen atoms in total. The minimum atomic E-state index is -1.47. The predicted molar refractivity (Wildman–Crippen MR) is 97.5 cm³/mol. The van der Waals surface area contributed by atoms with Crippen molar-refractivity contribution >= 4 is 111 Å². The molecule has 0 bridgehead atoms. The van der Waals surface area contributed by atoms with Crippen LogP contribution in [0.4, 0.5) is 0 Å². The highest BCUT2D eigenvalue weighted by molar-refractivity contribution is 6.68. The molecule has 0 amide bonds. The fraction of sp³-hybridized carbons (Fsp3) is 0.909. The van der Waals surface area contributed by atoms with Gasteiger partial charge in [-0.05, 0) is 18.8 Å². The molecule has 126 valence electrons. The van der Waals surface area contributed by atoms with Gasteiger partial charge in [0.25, 0.3) is 0 Å². The van der Waals surface area contributed by atoms with Crippen LogP contribution in [0.3, 0.4) is 0 Å². The molecule has 0 heterocycles. The molecule has 0 fully saturated rings. The Kier molecular flexibility index (Phi) is 11.4. The zero-order chi connectivity index (χ0) is 16.8. The molecular formula is C11H13Cl9O. The van der Waals surface area contributed by atoms with Crippen molar-refractivity contribution in [2.24, 2.45) is 5.92 Å². The van der Waals surface area contributed by atoms with E-state index in [0.717, 1.165) is 0 Å². The first-order chi connectivity index (χ1) is 9.34. The molecule has 3 unspecified atom stereocenters. The lowest BCUT2D eigenvalue weighted by molar-refractivity contribution is -0.108. The molecule has 0 rings (SSSR count). The molecule has 0 N–H and O–H groups in total. The molecule has 0 saturated heterocycles. The lowest BCUT2D eigenvalue weighted by Gasteiger charge is -2.26. The summed E-state index contributed by atoms with van der Waals surface area (Å²) in [5.41, 5.74) is 0. The molecule has 0 aromatic heterocycles. The van der Waals surface area contributed by atoms with Crippen LogP contribution in [0.15, 0.2) is 0 Å². The second kappa shape index (κ2) is 10.3. The van der Waals surface area contributed by atoms with E-state index in [-0.39, 0.29) is 18.8 Å². The van der Waals surface area contributed by atoms with Gasteiger partial charge in [-0.15, -0.1) is 34.8 Å². The van der Waals surface area contributed by atoms with E-state index in [9.17, 15) is 4.79 Å². The Labute approximate surface area is 169 Å². The van der Waals surface area contributed by atoms with E-state index in [0.29, 0.717) is 19.1 Å². The van der Waals surface area contributed by atoms with Gasteiger partial charge in [-0.25, -0.2) is 0 Å². The first kappa shape index (κ1) is 23.3. The Hall–Kier alpha value is 2.28. The maximum Gasteiger partial charge on any atom is 0.192 e. The van der Waals surface area contributed by atoms with Crippen LogP contribution >= 0.6 is 104 Å². The standard InChI is InChI=1S/C11H13Cl9O/c12-7(3-10(15,16)17)1-6(9(14)5-21)2-8(13)4-11(18,19)20/h5-9H,1-4H2. The summed E-state index contributed by atoms with van der Waals surface area (Å²) in [5, 5.41) is -1.71. The van der Waals surface area contributed by atoms with Gasteiger partial charge in [0.2, 0.25) is 0 Å². The van der Waals surface area contributed by atoms with Gasteiger partial charge in [-0.1, -0.05) is 69.6 Å². The fourth-order valence-corrected chi connectivity index (χ4v) is 4.51. The Morgan fingerprint density at radius 1 is 0.762 bits per heavy atom. The summed E-state index contributed by atoms with van der Waals surface area (Å²) < 4.78 is -2.95. The molecular weight excluding hydrogens is 467 g/mol. The Balaban J connectivity index is 4.63. The van der Waals surface area contributed by atoms with E-state index in [1.165, 1.54) is 0 Å². The number of halogens is 9. The maximum atomic E-state index is 10.9. The molecule has 0 aliphatic rings. The van der Waals surface area contributed by atoms with Crippen LogP contribution in [0.25, 0.3) is 0 Å². The van der Waals surface area contributed by atoms with Crippen LogP contribution in [0.2, 0.25) is 0 Å². The normalized spacial score (nSPS) is 18.9. The number of alkyl halides is 9. The molecule has 0 spiro atoms. The van der Waals surface area contributed by atoms with Crippen LogP contribution in [-0.4, -0.2) is 30.0 Å². The minimum absolute atomic E-state index is 0.121. The number of hydrogen-bond acceptors (Lipinski definition) is 1. The lowest BCUT2D eigenvalue weighted by atomic mass is 9.92. The molecule has 0 aliphatic carbocycles. The van der Waals surface area contributed by atoms with Crippen molar-refractivity contribution in [3.05, 3.63) is 0 Å². The summed E-state index contributed by atoms with van der Waals surface area (Å²) in [4.78, 5) is 10.9. The Bertz CT molecular complexity index is 288. The van der Waals surface area contributed by atoms with E-state index < -0.39 is 23.7 Å². The zero-order valence-electron chi connectivity index (χ0n) is 10.5. The van der Waals surface area contributed by atoms with Gasteiger partial charge in [0, 0.05) is 23.6 Å². The second-order valence-corrected chi connectivity index (χ2v) is 11.4. The first-order valence-corrected chi connectivity index (χ1v) is 9.42. The average molecular weight is 480 g/mol. The summed E-state index contributed by atoms with van der Waals surface area (Å²) in [6.45, 7) is 0. The first-order valence-electron chi connectivity index (χ1n) is 5.85. The van der Waals surface area contributed by atoms with E-state index >= 15 is 0 Å². The molecule has 3 atom stereocenters. The van der Waals surface area contributed by atoms with Crippen LogP contribution < -0.4 is 0 Å². The number of hydrogen-bond donors (Lipinski definition) is 0. The molecule has 0 aromatic carbocycles. The summed E-state index contributed by atoms with van der Waals surface area (Å²) in [6.07, 6.45) is 1.56. The van der Waals surface area contributed by atoms with Crippen LogP contribution in [0.5, 0.6) is 0 Å². The van der Waals surface area contributed by atoms with Gasteiger partial charge in [0.1, 0.15) is 6.29 Å². The second-order valence-electron chi connectivity index (χ2n) is 4.65. The van der Waals surface area contributed by atoms with Crippen molar-refractivity contribution in [3.8, 4) is 0 Å². The molecule has 0 saturated carbocycles. The van der Waals surface area contributed by atoms with Crippen LogP contribution in [0.1, 0.15) is 25.7 Å². The third-order valence-electron chi connectivity index (χ3n) is 2.60. The monoisotopic (exact) mass is 476 g/mol. The van der Waals surface area contributed by atoms with Gasteiger partial charge >= 0.3 is 0 Å². The van der Waals surface area contributed by atoms with Gasteiger partial charge < -0.3 is 4.79 Å². The van der Waals surface area contributed by atoms with Crippen LogP contribution in [-0.2, 0) is 4.79 Å². The molecule has 10 heteroatoms. The molecule has 0 aliphatic heterocycles. The SMILES string of the molecule is O=CC(Cl)C(CC(Cl)CC(Cl)(Cl)Cl)CC(Cl)CC(Cl)(Cl)Cl. The van der Waals surface area contributed by atoms with Gasteiger partial charge in [0.15, 0.2) is 7.59 Å². The zero-order valence-corrected chi connectivity index (χ0v) is 17.3. The number of aldehydes is 1. The smallest absolute Gasteiger partial charge is 0.192 e. The Morgan fingerprint density at radius 2 is 1.10 bits per heavy atom. The van der Waals surface area contributed by atoms with Crippen molar-refractivity contribution in [2.75, 3.05) is 0 Å². The minimum Gasteiger partial charge on any atom is -0.302 e. The highest BCUT2D eigenvalue weighted by atomic mass is 35.6. The molecule has 0 aromatic rings. The van der Waals surface area contributed by atoms with E-state index in [1.807, 2.05) is 0 Å². The average Bonchev–Trinajstić information content (AvgIpc) is 2.21. The topological polar surface area (TPSA) is 17.1 Å². The summed E-state index contributed by atoms with van der Waals surface area (Å²) >= 11 is 52.3. The maximum absolute atomic E-state index is 10.9. The number of carbonyl (C=O) groups excluding carboxylic acids is 1. The van der Waals surface area contributed by atoms with Crippen molar-refractivity contribution in [3.63, 3.8) is 0 Å². The van der Waals surface area contributed by atoms with Crippen molar-refractivity contribution < 1.29 is 4.79 Å². The quantitative estimate of drug-likeness (QED) is 0.272. The largest absolute Gasteiger partial charge is 0.302 e. The van der Waals surface area contributed by atoms with Crippen molar-refractivity contribution in [2.45, 2.75) is 49.4 Å². The molecule has 21 heavy (non-hydrogen) atoms. The highest BCUT2D eigenvalue weighted by Crippen LogP contribution is 2.38. The van der Waals surface area contributed by atoms with E-state index in [2.05, 4.69) is 0 Å². The Morgan fingerprint density at radius 3 is 1.33 bits per heavy atom. The highest BCUT2D eigenvalue weighted by Gasteiger charge is 2.32. The lowest BCUT2D eigenvalue weighted by Crippen LogP contribution is -2.26. The van der Waals surface area contributed by atoms with E-state index in [1.54, 1.807) is 0 Å². The third-order valence-corrected chi connectivity index (χ3v) is 4.65. The van der Waals surface area contributed by atoms with Crippen molar-refractivity contribution in [1.29, 1.82) is 0 Å². The molecule has 0 radical (unpaired) electrons. The van der Waals surface area contributed by atoms with Gasteiger partial charge in [0.05, 0.1) is 5.38 Å². The van der Waals surface area contributed by atoms with Gasteiger partial charge in [-0.3, -0.25) is 0 Å². The van der Waals surface area contributed by atoms with Crippen LogP contribution in [0, 0.1) is 5.92 Å². The number of carbonyl (C=O) groups is 1. The summed E-state index contributed by atoms with van der Waals surface area (Å²) in [5.74, 6) is -0.311. The van der Waals surface area contributed by atoms with Crippen molar-refractivity contribution in [1.82, 2.24) is 0 Å².